The topological polar surface area (TPSA) is 52.6 Å². The molecule has 20 heavy (non-hydrogen) atoms. The van der Waals surface area contributed by atoms with Gasteiger partial charge in [-0.25, -0.2) is 0 Å². The quantitative estimate of drug-likeness (QED) is 0.487. The van der Waals surface area contributed by atoms with Crippen LogP contribution >= 0.6 is 0 Å². The number of carbonyl (C=O) groups is 2. The molecule has 1 aliphatic heterocycles. The fourth-order valence-corrected chi connectivity index (χ4v) is 2.16. The number of hydrogen-bond donors (Lipinski definition) is 0. The van der Waals surface area contributed by atoms with E-state index in [-0.39, 0.29) is 18.2 Å². The number of methoxy groups -OCH3 is 1. The predicted octanol–water partition coefficient (Wildman–Crippen LogP) is 2.39. The van der Waals surface area contributed by atoms with Gasteiger partial charge in [0.25, 0.3) is 0 Å². The SMILES string of the molecule is COc1ccc(C(=O)c2ccc3c(c2)OC(=O)C3)cc1. The number of hydrogen-bond acceptors (Lipinski definition) is 4. The van der Waals surface area contributed by atoms with Gasteiger partial charge in [-0.3, -0.25) is 9.59 Å². The summed E-state index contributed by atoms with van der Waals surface area (Å²) in [7, 11) is 1.58. The normalized spacial score (nSPS) is 12.8. The first-order chi connectivity index (χ1) is 9.67. The molecule has 0 bridgehead atoms. The van der Waals surface area contributed by atoms with Crippen LogP contribution in [0.4, 0.5) is 0 Å². The summed E-state index contributed by atoms with van der Waals surface area (Å²) in [5.41, 5.74) is 1.89. The minimum absolute atomic E-state index is 0.113. The van der Waals surface area contributed by atoms with Gasteiger partial charge in [-0.05, 0) is 30.3 Å². The molecule has 2 aromatic carbocycles. The number of ketones is 1. The molecule has 0 radical (unpaired) electrons. The third kappa shape index (κ3) is 2.16. The molecular weight excluding hydrogens is 256 g/mol. The average molecular weight is 268 g/mol. The maximum absolute atomic E-state index is 12.3. The predicted molar refractivity (Wildman–Crippen MR) is 72.2 cm³/mol. The van der Waals surface area contributed by atoms with Gasteiger partial charge in [0.05, 0.1) is 13.5 Å². The zero-order valence-corrected chi connectivity index (χ0v) is 10.9. The van der Waals surface area contributed by atoms with Crippen molar-refractivity contribution in [2.45, 2.75) is 6.42 Å². The first kappa shape index (κ1) is 12.4. The van der Waals surface area contributed by atoms with Crippen LogP contribution in [0.5, 0.6) is 11.5 Å². The Hall–Kier alpha value is -2.62. The molecule has 2 aromatic rings. The summed E-state index contributed by atoms with van der Waals surface area (Å²) in [5.74, 6) is 0.784. The number of rotatable bonds is 3. The highest BCUT2D eigenvalue weighted by Crippen LogP contribution is 2.28. The molecule has 0 amide bonds. The van der Waals surface area contributed by atoms with Gasteiger partial charge in [0.1, 0.15) is 11.5 Å². The molecule has 0 aliphatic carbocycles. The summed E-state index contributed by atoms with van der Waals surface area (Å²) < 4.78 is 10.1. The Morgan fingerprint density at radius 3 is 2.50 bits per heavy atom. The fraction of sp³-hybridized carbons (Fsp3) is 0.125. The van der Waals surface area contributed by atoms with E-state index in [1.54, 1.807) is 49.6 Å². The van der Waals surface area contributed by atoms with E-state index in [0.29, 0.717) is 22.6 Å². The highest BCUT2D eigenvalue weighted by atomic mass is 16.5. The van der Waals surface area contributed by atoms with Crippen LogP contribution in [0.15, 0.2) is 42.5 Å². The van der Waals surface area contributed by atoms with Gasteiger partial charge in [-0.1, -0.05) is 12.1 Å². The van der Waals surface area contributed by atoms with Gasteiger partial charge in [0, 0.05) is 16.7 Å². The molecule has 100 valence electrons. The van der Waals surface area contributed by atoms with Crippen LogP contribution in [0, 0.1) is 0 Å². The smallest absolute Gasteiger partial charge is 0.315 e. The number of carbonyl (C=O) groups excluding carboxylic acids is 2. The summed E-state index contributed by atoms with van der Waals surface area (Å²) in [6.07, 6.45) is 0.270. The van der Waals surface area contributed by atoms with Crippen LogP contribution in [-0.4, -0.2) is 18.9 Å². The molecule has 4 heteroatoms. The van der Waals surface area contributed by atoms with E-state index in [1.165, 1.54) is 0 Å². The number of fused-ring (bicyclic) bond motifs is 1. The van der Waals surface area contributed by atoms with Crippen molar-refractivity contribution in [3.8, 4) is 11.5 Å². The van der Waals surface area contributed by atoms with Crippen LogP contribution in [0.1, 0.15) is 21.5 Å². The van der Waals surface area contributed by atoms with E-state index in [9.17, 15) is 9.59 Å². The summed E-state index contributed by atoms with van der Waals surface area (Å²) in [5, 5.41) is 0. The van der Waals surface area contributed by atoms with Crippen LogP contribution in [0.2, 0.25) is 0 Å². The second-order valence-corrected chi connectivity index (χ2v) is 4.53. The van der Waals surface area contributed by atoms with E-state index in [2.05, 4.69) is 0 Å². The molecule has 0 saturated heterocycles. The van der Waals surface area contributed by atoms with E-state index in [0.717, 1.165) is 5.56 Å². The maximum atomic E-state index is 12.3. The van der Waals surface area contributed by atoms with Crippen LogP contribution in [0.3, 0.4) is 0 Å². The lowest BCUT2D eigenvalue weighted by molar-refractivity contribution is -0.131. The largest absolute Gasteiger partial charge is 0.497 e. The van der Waals surface area contributed by atoms with Gasteiger partial charge in [0.15, 0.2) is 5.78 Å². The fourth-order valence-electron chi connectivity index (χ4n) is 2.16. The molecular formula is C16H12O4. The number of benzene rings is 2. The molecule has 0 atom stereocenters. The third-order valence-corrected chi connectivity index (χ3v) is 3.24. The molecule has 0 saturated carbocycles. The summed E-state index contributed by atoms with van der Waals surface area (Å²) in [6, 6.07) is 12.0. The minimum Gasteiger partial charge on any atom is -0.497 e. The minimum atomic E-state index is -0.283. The third-order valence-electron chi connectivity index (χ3n) is 3.24. The molecule has 1 heterocycles. The van der Waals surface area contributed by atoms with E-state index >= 15 is 0 Å². The van der Waals surface area contributed by atoms with Crippen LogP contribution in [0.25, 0.3) is 0 Å². The van der Waals surface area contributed by atoms with Crippen molar-refractivity contribution in [2.24, 2.45) is 0 Å². The first-order valence-electron chi connectivity index (χ1n) is 6.20. The lowest BCUT2D eigenvalue weighted by Gasteiger charge is -2.04. The summed E-state index contributed by atoms with van der Waals surface area (Å²) >= 11 is 0. The number of ether oxygens (including phenoxy) is 2. The van der Waals surface area contributed by atoms with Crippen molar-refractivity contribution in [3.05, 3.63) is 59.2 Å². The zero-order valence-electron chi connectivity index (χ0n) is 10.9. The first-order valence-corrected chi connectivity index (χ1v) is 6.20. The molecule has 0 N–H and O–H groups in total. The van der Waals surface area contributed by atoms with E-state index in [1.807, 2.05) is 0 Å². The van der Waals surface area contributed by atoms with E-state index in [4.69, 9.17) is 9.47 Å². The van der Waals surface area contributed by atoms with Gasteiger partial charge in [-0.15, -0.1) is 0 Å². The van der Waals surface area contributed by atoms with Crippen molar-refractivity contribution in [3.63, 3.8) is 0 Å². The lowest BCUT2D eigenvalue weighted by Crippen LogP contribution is -2.02. The Bertz CT molecular complexity index is 686. The Kier molecular flexibility index (Phi) is 2.99. The Balaban J connectivity index is 1.90. The summed E-state index contributed by atoms with van der Waals surface area (Å²) in [6.45, 7) is 0. The molecule has 0 unspecified atom stereocenters. The Morgan fingerprint density at radius 2 is 1.80 bits per heavy atom. The van der Waals surface area contributed by atoms with Gasteiger partial charge >= 0.3 is 5.97 Å². The molecule has 0 fully saturated rings. The highest BCUT2D eigenvalue weighted by molar-refractivity contribution is 6.09. The van der Waals surface area contributed by atoms with Crippen molar-refractivity contribution < 1.29 is 19.1 Å². The van der Waals surface area contributed by atoms with Crippen molar-refractivity contribution in [1.82, 2.24) is 0 Å². The molecule has 0 aromatic heterocycles. The van der Waals surface area contributed by atoms with Gasteiger partial charge in [0.2, 0.25) is 0 Å². The molecule has 3 rings (SSSR count). The second-order valence-electron chi connectivity index (χ2n) is 4.53. The molecule has 1 aliphatic rings. The summed E-state index contributed by atoms with van der Waals surface area (Å²) in [4.78, 5) is 23.5. The number of esters is 1. The molecule has 4 nitrogen and oxygen atoms in total. The average Bonchev–Trinajstić information content (AvgIpc) is 2.85. The Morgan fingerprint density at radius 1 is 1.10 bits per heavy atom. The monoisotopic (exact) mass is 268 g/mol. The van der Waals surface area contributed by atoms with Gasteiger partial charge in [-0.2, -0.15) is 0 Å². The van der Waals surface area contributed by atoms with Crippen molar-refractivity contribution in [1.29, 1.82) is 0 Å². The van der Waals surface area contributed by atoms with Crippen LogP contribution in [-0.2, 0) is 11.2 Å². The molecule has 0 spiro atoms. The van der Waals surface area contributed by atoms with E-state index < -0.39 is 0 Å². The zero-order chi connectivity index (χ0) is 14.1. The van der Waals surface area contributed by atoms with Crippen molar-refractivity contribution >= 4 is 11.8 Å². The van der Waals surface area contributed by atoms with Crippen molar-refractivity contribution in [2.75, 3.05) is 7.11 Å². The Labute approximate surface area is 115 Å². The highest BCUT2D eigenvalue weighted by Gasteiger charge is 2.21. The second kappa shape index (κ2) is 4.81. The van der Waals surface area contributed by atoms with Gasteiger partial charge < -0.3 is 9.47 Å². The van der Waals surface area contributed by atoms with Crippen LogP contribution < -0.4 is 9.47 Å². The standard InChI is InChI=1S/C16H12O4/c1-19-13-6-4-10(5-7-13)16(18)12-3-2-11-9-15(17)20-14(11)8-12/h2-8H,9H2,1H3. The lowest BCUT2D eigenvalue weighted by atomic mass is 10.0. The maximum Gasteiger partial charge on any atom is 0.315 e.